The zero-order chi connectivity index (χ0) is 15.0. The molecule has 2 N–H and O–H groups in total. The summed E-state index contributed by atoms with van der Waals surface area (Å²) in [6.07, 6.45) is 2.97. The van der Waals surface area contributed by atoms with Gasteiger partial charge in [0.05, 0.1) is 22.2 Å². The Kier molecular flexibility index (Phi) is 3.59. The van der Waals surface area contributed by atoms with Gasteiger partial charge >= 0.3 is 12.0 Å². The largest absolute Gasteiger partial charge is 0.476 e. The van der Waals surface area contributed by atoms with Gasteiger partial charge in [-0.25, -0.2) is 19.3 Å². The second kappa shape index (κ2) is 5.41. The van der Waals surface area contributed by atoms with Crippen molar-refractivity contribution in [3.05, 3.63) is 21.9 Å². The number of carbonyl (C=O) groups excluding carboxylic acids is 1. The summed E-state index contributed by atoms with van der Waals surface area (Å²) in [5.74, 6) is -1.12. The fraction of sp³-hybridized carbons (Fsp3) is 0.300. The summed E-state index contributed by atoms with van der Waals surface area (Å²) >= 11 is 4.59. The van der Waals surface area contributed by atoms with Crippen LogP contribution in [-0.2, 0) is 0 Å². The Balaban J connectivity index is 1.55. The van der Waals surface area contributed by atoms with Crippen molar-refractivity contribution < 1.29 is 14.7 Å². The number of aromatic carboxylic acids is 1. The molecule has 11 heteroatoms. The Morgan fingerprint density at radius 3 is 2.81 bits per heavy atom. The molecule has 0 saturated carbocycles. The average Bonchev–Trinajstić information content (AvgIpc) is 2.97. The maximum atomic E-state index is 11.9. The molecule has 0 aliphatic carbocycles. The highest BCUT2D eigenvalue weighted by Gasteiger charge is 2.33. The second-order valence-corrected chi connectivity index (χ2v) is 6.76. The van der Waals surface area contributed by atoms with E-state index in [1.54, 1.807) is 11.1 Å². The average molecular weight is 373 g/mol. The minimum Gasteiger partial charge on any atom is -0.476 e. The number of likely N-dealkylation sites (tertiary alicyclic amines) is 1. The van der Waals surface area contributed by atoms with E-state index in [4.69, 9.17) is 5.11 Å². The Morgan fingerprint density at radius 2 is 2.24 bits per heavy atom. The van der Waals surface area contributed by atoms with Gasteiger partial charge in [-0.05, 0) is 15.9 Å². The van der Waals surface area contributed by atoms with E-state index in [-0.39, 0.29) is 17.8 Å². The SMILES string of the molecule is O=C(O)c1cn(C2CN(C(=O)Nc3ncc(Br)s3)C2)nn1. The molecule has 0 unspecified atom stereocenters. The Labute approximate surface area is 130 Å². The molecule has 110 valence electrons. The number of nitrogens with one attached hydrogen (secondary N) is 1. The van der Waals surface area contributed by atoms with Gasteiger partial charge in [0.2, 0.25) is 0 Å². The summed E-state index contributed by atoms with van der Waals surface area (Å²) in [4.78, 5) is 28.2. The van der Waals surface area contributed by atoms with Crippen molar-refractivity contribution in [2.75, 3.05) is 18.4 Å². The minimum atomic E-state index is -1.12. The van der Waals surface area contributed by atoms with Crippen molar-refractivity contribution in [2.24, 2.45) is 0 Å². The van der Waals surface area contributed by atoms with Crippen molar-refractivity contribution >= 4 is 44.4 Å². The van der Waals surface area contributed by atoms with Crippen LogP contribution < -0.4 is 5.32 Å². The van der Waals surface area contributed by atoms with Crippen molar-refractivity contribution in [3.63, 3.8) is 0 Å². The van der Waals surface area contributed by atoms with Gasteiger partial charge in [-0.2, -0.15) is 0 Å². The third kappa shape index (κ3) is 2.88. The van der Waals surface area contributed by atoms with Gasteiger partial charge in [0.1, 0.15) is 0 Å². The standard InChI is InChI=1S/C10H9BrN6O3S/c11-7-1-12-9(21-7)13-10(20)16-2-5(3-16)17-4-6(8(18)19)14-15-17/h1,4-5H,2-3H2,(H,18,19)(H,12,13,20). The van der Waals surface area contributed by atoms with E-state index in [1.165, 1.54) is 22.2 Å². The normalized spacial score (nSPS) is 14.8. The van der Waals surface area contributed by atoms with Crippen molar-refractivity contribution in [1.29, 1.82) is 0 Å². The molecule has 0 bridgehead atoms. The number of rotatable bonds is 3. The number of anilines is 1. The summed E-state index contributed by atoms with van der Waals surface area (Å²) in [5, 5.41) is 19.3. The number of nitrogens with zero attached hydrogens (tertiary/aromatic N) is 5. The molecule has 3 heterocycles. The number of urea groups is 1. The topological polar surface area (TPSA) is 113 Å². The molecule has 2 aromatic heterocycles. The molecule has 3 rings (SSSR count). The van der Waals surface area contributed by atoms with E-state index >= 15 is 0 Å². The summed E-state index contributed by atoms with van der Waals surface area (Å²) in [7, 11) is 0. The summed E-state index contributed by atoms with van der Waals surface area (Å²) in [6, 6.07) is -0.300. The van der Waals surface area contributed by atoms with Gasteiger partial charge in [0.15, 0.2) is 10.8 Å². The van der Waals surface area contributed by atoms with Gasteiger partial charge in [0.25, 0.3) is 0 Å². The van der Waals surface area contributed by atoms with Crippen LogP contribution in [0.2, 0.25) is 0 Å². The number of hydrogen-bond acceptors (Lipinski definition) is 6. The lowest BCUT2D eigenvalue weighted by atomic mass is 10.1. The smallest absolute Gasteiger partial charge is 0.358 e. The molecule has 21 heavy (non-hydrogen) atoms. The van der Waals surface area contributed by atoms with E-state index < -0.39 is 5.97 Å². The molecular formula is C10H9BrN6O3S. The van der Waals surface area contributed by atoms with E-state index in [0.717, 1.165) is 3.79 Å². The van der Waals surface area contributed by atoms with Crippen LogP contribution in [-0.4, -0.2) is 55.1 Å². The lowest BCUT2D eigenvalue weighted by Crippen LogP contribution is -2.52. The van der Waals surface area contributed by atoms with Crippen molar-refractivity contribution in [2.45, 2.75) is 6.04 Å². The first-order valence-electron chi connectivity index (χ1n) is 5.85. The molecule has 0 aromatic carbocycles. The van der Waals surface area contributed by atoms with Crippen molar-refractivity contribution in [3.8, 4) is 0 Å². The van der Waals surface area contributed by atoms with Crippen LogP contribution >= 0.6 is 27.3 Å². The van der Waals surface area contributed by atoms with Crippen LogP contribution in [0.15, 0.2) is 16.2 Å². The van der Waals surface area contributed by atoms with Gasteiger partial charge in [-0.1, -0.05) is 16.6 Å². The summed E-state index contributed by atoms with van der Waals surface area (Å²) in [6.45, 7) is 0.890. The monoisotopic (exact) mass is 372 g/mol. The zero-order valence-corrected chi connectivity index (χ0v) is 12.8. The number of aromatic nitrogens is 4. The molecule has 2 aromatic rings. The van der Waals surface area contributed by atoms with Crippen LogP contribution in [0.5, 0.6) is 0 Å². The van der Waals surface area contributed by atoms with E-state index in [2.05, 4.69) is 36.5 Å². The molecule has 1 aliphatic heterocycles. The highest BCUT2D eigenvalue weighted by Crippen LogP contribution is 2.25. The Hall–Kier alpha value is -2.01. The predicted molar refractivity (Wildman–Crippen MR) is 76.4 cm³/mol. The first kappa shape index (κ1) is 13.9. The molecule has 1 aliphatic rings. The van der Waals surface area contributed by atoms with Crippen LogP contribution in [0.1, 0.15) is 16.5 Å². The number of amides is 2. The number of thiazole rings is 1. The van der Waals surface area contributed by atoms with Gasteiger partial charge < -0.3 is 10.0 Å². The molecule has 1 saturated heterocycles. The maximum Gasteiger partial charge on any atom is 0.358 e. The van der Waals surface area contributed by atoms with E-state index in [9.17, 15) is 9.59 Å². The third-order valence-corrected chi connectivity index (χ3v) is 4.34. The van der Waals surface area contributed by atoms with Crippen molar-refractivity contribution in [1.82, 2.24) is 24.9 Å². The molecule has 1 fully saturated rings. The fourth-order valence-corrected chi connectivity index (χ4v) is 2.92. The molecule has 9 nitrogen and oxygen atoms in total. The third-order valence-electron chi connectivity index (χ3n) is 2.94. The van der Waals surface area contributed by atoms with Crippen LogP contribution in [0.25, 0.3) is 0 Å². The van der Waals surface area contributed by atoms with Gasteiger partial charge in [-0.3, -0.25) is 5.32 Å². The number of carbonyl (C=O) groups is 2. The lowest BCUT2D eigenvalue weighted by Gasteiger charge is -2.38. The van der Waals surface area contributed by atoms with E-state index in [0.29, 0.717) is 18.2 Å². The highest BCUT2D eigenvalue weighted by molar-refractivity contribution is 9.11. The van der Waals surface area contributed by atoms with Gasteiger partial charge in [0, 0.05) is 13.1 Å². The first-order valence-corrected chi connectivity index (χ1v) is 7.46. The number of carboxylic acids is 1. The van der Waals surface area contributed by atoms with Crippen LogP contribution in [0.4, 0.5) is 9.93 Å². The second-order valence-electron chi connectivity index (χ2n) is 4.35. The predicted octanol–water partition coefficient (Wildman–Crippen LogP) is 1.28. The molecule has 0 radical (unpaired) electrons. The molecule has 0 atom stereocenters. The zero-order valence-electron chi connectivity index (χ0n) is 10.4. The van der Waals surface area contributed by atoms with E-state index in [1.807, 2.05) is 0 Å². The molecule has 2 amide bonds. The highest BCUT2D eigenvalue weighted by atomic mass is 79.9. The first-order chi connectivity index (χ1) is 10.0. The lowest BCUT2D eigenvalue weighted by molar-refractivity contribution is 0.0690. The quantitative estimate of drug-likeness (QED) is 0.838. The fourth-order valence-electron chi connectivity index (χ4n) is 1.82. The summed E-state index contributed by atoms with van der Waals surface area (Å²) < 4.78 is 2.30. The van der Waals surface area contributed by atoms with Gasteiger partial charge in [-0.15, -0.1) is 5.10 Å². The van der Waals surface area contributed by atoms with Crippen LogP contribution in [0.3, 0.4) is 0 Å². The number of halogens is 1. The summed E-state index contributed by atoms with van der Waals surface area (Å²) in [5.41, 5.74) is -0.106. The minimum absolute atomic E-state index is 0.0561. The molecular weight excluding hydrogens is 364 g/mol. The Morgan fingerprint density at radius 1 is 1.48 bits per heavy atom. The number of hydrogen-bond donors (Lipinski definition) is 2. The maximum absolute atomic E-state index is 11.9. The van der Waals surface area contributed by atoms with Crippen LogP contribution in [0, 0.1) is 0 Å². The number of carboxylic acid groups (broad SMARTS) is 1. The molecule has 0 spiro atoms. The Bertz CT molecular complexity index is 695.